The summed E-state index contributed by atoms with van der Waals surface area (Å²) in [7, 11) is 0. The Balaban J connectivity index is 2.05. The van der Waals surface area contributed by atoms with Gasteiger partial charge in [-0.15, -0.1) is 0 Å². The molecule has 120 valence electrons. The van der Waals surface area contributed by atoms with E-state index in [1.165, 1.54) is 0 Å². The molecule has 0 fully saturated rings. The monoisotopic (exact) mass is 340 g/mol. The van der Waals surface area contributed by atoms with E-state index in [2.05, 4.69) is 15.0 Å². The first-order valence-corrected chi connectivity index (χ1v) is 6.72. The number of ether oxygens (including phenoxy) is 1. The van der Waals surface area contributed by atoms with Crippen molar-refractivity contribution in [1.29, 1.82) is 0 Å². The number of aromatic nitrogens is 1. The van der Waals surface area contributed by atoms with Crippen LogP contribution < -0.4 is 5.32 Å². The summed E-state index contributed by atoms with van der Waals surface area (Å²) >= 11 is 0.862. The fourth-order valence-corrected chi connectivity index (χ4v) is 2.35. The number of thiazole rings is 1. The smallest absolute Gasteiger partial charge is 0.359 e. The van der Waals surface area contributed by atoms with Crippen LogP contribution in [0.3, 0.4) is 0 Å². The molecule has 0 aliphatic carbocycles. The molecule has 1 atom stereocenters. The molecular weight excluding hydrogens is 331 g/mol. The molecule has 0 aliphatic rings. The second-order valence-corrected chi connectivity index (χ2v) is 5.34. The number of alkyl halides is 3. The van der Waals surface area contributed by atoms with Crippen LogP contribution in [0.5, 0.6) is 0 Å². The van der Waals surface area contributed by atoms with Crippen LogP contribution in [0.25, 0.3) is 10.2 Å². The molecule has 1 amide bonds. The topological polar surface area (TPSA) is 51.2 Å². The number of nitrogens with zero attached hydrogens (tertiary/aromatic N) is 1. The summed E-state index contributed by atoms with van der Waals surface area (Å²) in [6, 6.07) is 1.78. The summed E-state index contributed by atoms with van der Waals surface area (Å²) in [6.45, 7) is -0.411. The molecule has 0 aliphatic heterocycles. The second-order valence-electron chi connectivity index (χ2n) is 4.31. The van der Waals surface area contributed by atoms with Gasteiger partial charge in [-0.3, -0.25) is 10.1 Å². The van der Waals surface area contributed by atoms with Crippen molar-refractivity contribution < 1.29 is 31.5 Å². The van der Waals surface area contributed by atoms with Gasteiger partial charge in [0.15, 0.2) is 16.8 Å². The average Bonchev–Trinajstić information content (AvgIpc) is 2.76. The highest BCUT2D eigenvalue weighted by Gasteiger charge is 2.30. The Labute approximate surface area is 124 Å². The van der Waals surface area contributed by atoms with Gasteiger partial charge < -0.3 is 4.74 Å². The molecule has 0 saturated carbocycles. The van der Waals surface area contributed by atoms with Gasteiger partial charge in [0.05, 0.1) is 10.2 Å². The number of hydrogen-bond donors (Lipinski definition) is 1. The number of benzene rings is 1. The third kappa shape index (κ3) is 4.10. The SMILES string of the molecule is C[C@H](OCC(F)(F)F)C(=O)Nc1nc2cc(F)c(F)cc2s1. The Morgan fingerprint density at radius 3 is 2.64 bits per heavy atom. The van der Waals surface area contributed by atoms with Gasteiger partial charge in [0.1, 0.15) is 12.7 Å². The van der Waals surface area contributed by atoms with E-state index >= 15 is 0 Å². The van der Waals surface area contributed by atoms with Crippen LogP contribution in [0, 0.1) is 11.6 Å². The quantitative estimate of drug-likeness (QED) is 0.867. The van der Waals surface area contributed by atoms with Crippen LogP contribution in [-0.4, -0.2) is 29.8 Å². The molecule has 1 N–H and O–H groups in total. The Bertz CT molecular complexity index is 662. The van der Waals surface area contributed by atoms with E-state index in [1.54, 1.807) is 0 Å². The standard InChI is InChI=1S/C12H9F5N2O2S/c1-5(21-4-12(15,16)17)10(20)19-11-18-8-2-6(13)7(14)3-9(8)22-11/h2-3,5H,4H2,1H3,(H,18,19,20)/t5-/m0/s1. The summed E-state index contributed by atoms with van der Waals surface area (Å²) in [5, 5.41) is 2.24. The summed E-state index contributed by atoms with van der Waals surface area (Å²) in [5.74, 6) is -2.99. The first-order valence-electron chi connectivity index (χ1n) is 5.90. The van der Waals surface area contributed by atoms with E-state index in [0.717, 1.165) is 30.4 Å². The van der Waals surface area contributed by atoms with Gasteiger partial charge in [-0.1, -0.05) is 11.3 Å². The van der Waals surface area contributed by atoms with Crippen LogP contribution in [0.15, 0.2) is 12.1 Å². The minimum Gasteiger partial charge on any atom is -0.359 e. The van der Waals surface area contributed by atoms with Crippen LogP contribution in [0.1, 0.15) is 6.92 Å². The van der Waals surface area contributed by atoms with Gasteiger partial charge in [0.25, 0.3) is 5.91 Å². The number of carbonyl (C=O) groups excluding carboxylic acids is 1. The molecule has 10 heteroatoms. The Morgan fingerprint density at radius 2 is 2.00 bits per heavy atom. The van der Waals surface area contributed by atoms with E-state index in [0.29, 0.717) is 0 Å². The van der Waals surface area contributed by atoms with E-state index in [1.807, 2.05) is 0 Å². The molecule has 0 unspecified atom stereocenters. The highest BCUT2D eigenvalue weighted by atomic mass is 32.1. The van der Waals surface area contributed by atoms with Crippen LogP contribution in [-0.2, 0) is 9.53 Å². The number of hydrogen-bond acceptors (Lipinski definition) is 4. The second kappa shape index (κ2) is 6.13. The zero-order valence-electron chi connectivity index (χ0n) is 11.0. The third-order valence-electron chi connectivity index (χ3n) is 2.53. The van der Waals surface area contributed by atoms with Gasteiger partial charge in [-0.2, -0.15) is 13.2 Å². The van der Waals surface area contributed by atoms with Crippen LogP contribution >= 0.6 is 11.3 Å². The summed E-state index contributed by atoms with van der Waals surface area (Å²) in [6.07, 6.45) is -5.90. The highest BCUT2D eigenvalue weighted by Crippen LogP contribution is 2.28. The third-order valence-corrected chi connectivity index (χ3v) is 3.46. The Hall–Kier alpha value is -1.81. The molecule has 1 heterocycles. The zero-order valence-corrected chi connectivity index (χ0v) is 11.8. The number of halogens is 5. The first kappa shape index (κ1) is 16.6. The Morgan fingerprint density at radius 1 is 1.36 bits per heavy atom. The van der Waals surface area contributed by atoms with E-state index in [4.69, 9.17) is 0 Å². The fraction of sp³-hybridized carbons (Fsp3) is 0.333. The minimum atomic E-state index is -4.54. The molecule has 1 aromatic carbocycles. The van der Waals surface area contributed by atoms with Crippen molar-refractivity contribution >= 4 is 32.6 Å². The molecule has 22 heavy (non-hydrogen) atoms. The number of amides is 1. The summed E-state index contributed by atoms with van der Waals surface area (Å²) in [4.78, 5) is 15.5. The Kier molecular flexibility index (Phi) is 4.61. The summed E-state index contributed by atoms with van der Waals surface area (Å²) in [5.41, 5.74) is 0.128. The molecule has 2 rings (SSSR count). The molecule has 0 bridgehead atoms. The number of nitrogens with one attached hydrogen (secondary N) is 1. The molecule has 0 saturated heterocycles. The number of anilines is 1. The lowest BCUT2D eigenvalue weighted by Crippen LogP contribution is -2.31. The lowest BCUT2D eigenvalue weighted by Gasteiger charge is -2.13. The van der Waals surface area contributed by atoms with Crippen molar-refractivity contribution in [3.63, 3.8) is 0 Å². The van der Waals surface area contributed by atoms with Gasteiger partial charge in [-0.05, 0) is 13.0 Å². The van der Waals surface area contributed by atoms with Crippen molar-refractivity contribution in [2.45, 2.75) is 19.2 Å². The van der Waals surface area contributed by atoms with Crippen molar-refractivity contribution in [3.05, 3.63) is 23.8 Å². The molecule has 0 radical (unpaired) electrons. The lowest BCUT2D eigenvalue weighted by molar-refractivity contribution is -0.184. The number of fused-ring (bicyclic) bond motifs is 1. The normalized spacial score (nSPS) is 13.4. The van der Waals surface area contributed by atoms with E-state index < -0.39 is 36.4 Å². The van der Waals surface area contributed by atoms with Crippen LogP contribution in [0.4, 0.5) is 27.1 Å². The molecule has 4 nitrogen and oxygen atoms in total. The summed E-state index contributed by atoms with van der Waals surface area (Å²) < 4.78 is 66.7. The number of rotatable bonds is 4. The predicted octanol–water partition coefficient (Wildman–Crippen LogP) is 3.48. The molecule has 2 aromatic rings. The predicted molar refractivity (Wildman–Crippen MR) is 69.6 cm³/mol. The van der Waals surface area contributed by atoms with Crippen LogP contribution in [0.2, 0.25) is 0 Å². The van der Waals surface area contributed by atoms with E-state index in [-0.39, 0.29) is 15.3 Å². The maximum Gasteiger partial charge on any atom is 0.411 e. The minimum absolute atomic E-state index is 0.00691. The van der Waals surface area contributed by atoms with Crippen molar-refractivity contribution in [3.8, 4) is 0 Å². The van der Waals surface area contributed by atoms with Crippen molar-refractivity contribution in [1.82, 2.24) is 4.98 Å². The lowest BCUT2D eigenvalue weighted by atomic mass is 10.3. The first-order chi connectivity index (χ1) is 10.2. The molecule has 1 aromatic heterocycles. The van der Waals surface area contributed by atoms with E-state index in [9.17, 15) is 26.7 Å². The van der Waals surface area contributed by atoms with Crippen molar-refractivity contribution in [2.75, 3.05) is 11.9 Å². The zero-order chi connectivity index (χ0) is 16.5. The van der Waals surface area contributed by atoms with Gasteiger partial charge in [0, 0.05) is 6.07 Å². The number of carbonyl (C=O) groups is 1. The van der Waals surface area contributed by atoms with Gasteiger partial charge >= 0.3 is 6.18 Å². The average molecular weight is 340 g/mol. The van der Waals surface area contributed by atoms with Gasteiger partial charge in [0.2, 0.25) is 0 Å². The largest absolute Gasteiger partial charge is 0.411 e. The maximum atomic E-state index is 13.1. The van der Waals surface area contributed by atoms with Crippen molar-refractivity contribution in [2.24, 2.45) is 0 Å². The molecule has 0 spiro atoms. The van der Waals surface area contributed by atoms with Gasteiger partial charge in [-0.25, -0.2) is 13.8 Å². The highest BCUT2D eigenvalue weighted by molar-refractivity contribution is 7.22. The molecular formula is C12H9F5N2O2S. The maximum absolute atomic E-state index is 13.1. The fourth-order valence-electron chi connectivity index (χ4n) is 1.48.